The zero-order valence-corrected chi connectivity index (χ0v) is 17.6. The Labute approximate surface area is 184 Å². The molecule has 0 saturated carbocycles. The lowest BCUT2D eigenvalue weighted by Gasteiger charge is -2.42. The van der Waals surface area contributed by atoms with Crippen LogP contribution in [0.1, 0.15) is 17.5 Å². The van der Waals surface area contributed by atoms with E-state index in [0.717, 1.165) is 29.4 Å². The van der Waals surface area contributed by atoms with Gasteiger partial charge in [-0.15, -0.1) is 0 Å². The van der Waals surface area contributed by atoms with Gasteiger partial charge in [-0.25, -0.2) is 8.78 Å². The number of carbonyl (C=O) groups excluding carboxylic acids is 1. The summed E-state index contributed by atoms with van der Waals surface area (Å²) in [6.07, 6.45) is 0.701. The summed E-state index contributed by atoms with van der Waals surface area (Å²) in [5.41, 5.74) is 3.29. The summed E-state index contributed by atoms with van der Waals surface area (Å²) < 4.78 is 27.2. The van der Waals surface area contributed by atoms with E-state index in [4.69, 9.17) is 11.6 Å². The summed E-state index contributed by atoms with van der Waals surface area (Å²) in [7, 11) is 0. The Morgan fingerprint density at radius 2 is 1.71 bits per heavy atom. The van der Waals surface area contributed by atoms with E-state index in [1.165, 1.54) is 12.1 Å². The Kier molecular flexibility index (Phi) is 5.24. The molecule has 0 unspecified atom stereocenters. The van der Waals surface area contributed by atoms with Crippen molar-refractivity contribution in [2.24, 2.45) is 4.99 Å². The zero-order chi connectivity index (χ0) is 21.5. The fourth-order valence-corrected chi connectivity index (χ4v) is 4.61. The number of rotatable bonds is 4. The van der Waals surface area contributed by atoms with Gasteiger partial charge in [0.1, 0.15) is 11.6 Å². The van der Waals surface area contributed by atoms with Crippen molar-refractivity contribution < 1.29 is 13.6 Å². The highest BCUT2D eigenvalue weighted by molar-refractivity contribution is 6.30. The highest BCUT2D eigenvalue weighted by atomic mass is 35.5. The minimum Gasteiger partial charge on any atom is -0.314 e. The van der Waals surface area contributed by atoms with Crippen LogP contribution in [0.4, 0.5) is 8.78 Å². The highest BCUT2D eigenvalue weighted by Crippen LogP contribution is 2.32. The van der Waals surface area contributed by atoms with Crippen molar-refractivity contribution >= 4 is 23.5 Å². The van der Waals surface area contributed by atoms with E-state index >= 15 is 0 Å². The molecule has 3 heterocycles. The van der Waals surface area contributed by atoms with Crippen LogP contribution in [0.25, 0.3) is 0 Å². The van der Waals surface area contributed by atoms with Gasteiger partial charge in [0, 0.05) is 49.4 Å². The molecule has 160 valence electrons. The van der Waals surface area contributed by atoms with Gasteiger partial charge in [0.25, 0.3) is 5.91 Å². The minimum atomic E-state index is -0.590. The Bertz CT molecular complexity index is 1080. The Balaban J connectivity index is 1.39. The molecule has 0 atom stereocenters. The first-order chi connectivity index (χ1) is 15.0. The van der Waals surface area contributed by atoms with Gasteiger partial charge in [0.15, 0.2) is 0 Å². The van der Waals surface area contributed by atoms with Crippen LogP contribution in [0, 0.1) is 11.6 Å². The second-order valence-corrected chi connectivity index (χ2v) is 8.45. The van der Waals surface area contributed by atoms with Crippen LogP contribution < -0.4 is 0 Å². The van der Waals surface area contributed by atoms with Gasteiger partial charge in [-0.1, -0.05) is 23.7 Å². The molecular formula is C23H21ClF2N4O. The largest absolute Gasteiger partial charge is 0.314 e. The number of nitrogens with zero attached hydrogens (tertiary/aromatic N) is 4. The lowest BCUT2D eigenvalue weighted by Crippen LogP contribution is -2.53. The molecule has 2 aromatic carbocycles. The van der Waals surface area contributed by atoms with Crippen LogP contribution in [0.15, 0.2) is 58.7 Å². The second kappa shape index (κ2) is 8.05. The Morgan fingerprint density at radius 3 is 2.45 bits per heavy atom. The summed E-state index contributed by atoms with van der Waals surface area (Å²) in [6, 6.07) is 11.0. The fraction of sp³-hybridized carbons (Fsp3) is 0.304. The molecule has 0 aliphatic carbocycles. The molecule has 0 fully saturated rings. The van der Waals surface area contributed by atoms with Crippen LogP contribution in [-0.2, 0) is 17.9 Å². The van der Waals surface area contributed by atoms with Gasteiger partial charge in [0.2, 0.25) is 5.96 Å². The third-order valence-electron chi connectivity index (χ3n) is 5.87. The van der Waals surface area contributed by atoms with Crippen LogP contribution in [0.3, 0.4) is 0 Å². The normalized spacial score (nSPS) is 18.9. The van der Waals surface area contributed by atoms with Gasteiger partial charge < -0.3 is 4.90 Å². The third kappa shape index (κ3) is 3.95. The fourth-order valence-electron chi connectivity index (χ4n) is 4.48. The molecule has 2 aromatic rings. The topological polar surface area (TPSA) is 39.2 Å². The van der Waals surface area contributed by atoms with Crippen LogP contribution >= 0.6 is 11.6 Å². The van der Waals surface area contributed by atoms with Gasteiger partial charge in [0.05, 0.1) is 18.7 Å². The van der Waals surface area contributed by atoms with Gasteiger partial charge >= 0.3 is 0 Å². The summed E-state index contributed by atoms with van der Waals surface area (Å²) >= 11 is 5.99. The van der Waals surface area contributed by atoms with Crippen molar-refractivity contribution in [2.45, 2.75) is 19.5 Å². The van der Waals surface area contributed by atoms with E-state index in [0.29, 0.717) is 55.7 Å². The monoisotopic (exact) mass is 442 g/mol. The number of halogens is 3. The number of hydrogen-bond donors (Lipinski definition) is 0. The van der Waals surface area contributed by atoms with E-state index in [1.54, 1.807) is 4.90 Å². The van der Waals surface area contributed by atoms with Crippen molar-refractivity contribution in [3.8, 4) is 0 Å². The number of amides is 1. The summed E-state index contributed by atoms with van der Waals surface area (Å²) in [5, 5.41) is 0.648. The average molecular weight is 443 g/mol. The molecule has 0 bridgehead atoms. The first-order valence-corrected chi connectivity index (χ1v) is 10.6. The minimum absolute atomic E-state index is 0.0584. The lowest BCUT2D eigenvalue weighted by molar-refractivity contribution is -0.125. The van der Waals surface area contributed by atoms with Crippen LogP contribution in [0.2, 0.25) is 5.02 Å². The van der Waals surface area contributed by atoms with E-state index < -0.39 is 11.6 Å². The molecule has 0 N–H and O–H groups in total. The van der Waals surface area contributed by atoms with E-state index in [2.05, 4.69) is 14.8 Å². The number of aliphatic imine (C=N–C) groups is 1. The maximum atomic E-state index is 13.6. The first-order valence-electron chi connectivity index (χ1n) is 10.3. The highest BCUT2D eigenvalue weighted by Gasteiger charge is 2.40. The third-order valence-corrected chi connectivity index (χ3v) is 6.12. The molecule has 0 aromatic heterocycles. The number of guanidine groups is 1. The van der Waals surface area contributed by atoms with E-state index in [1.807, 2.05) is 24.3 Å². The van der Waals surface area contributed by atoms with Crippen molar-refractivity contribution in [2.75, 3.05) is 26.2 Å². The van der Waals surface area contributed by atoms with Gasteiger partial charge in [-0.3, -0.25) is 19.6 Å². The molecule has 1 amide bonds. The van der Waals surface area contributed by atoms with Gasteiger partial charge in [-0.05, 0) is 35.4 Å². The van der Waals surface area contributed by atoms with Crippen molar-refractivity contribution in [1.82, 2.24) is 14.7 Å². The first kappa shape index (κ1) is 20.2. The molecule has 5 nitrogen and oxygen atoms in total. The quantitative estimate of drug-likeness (QED) is 0.723. The molecule has 3 aliphatic heterocycles. The van der Waals surface area contributed by atoms with E-state index in [-0.39, 0.29) is 5.91 Å². The predicted octanol–water partition coefficient (Wildman–Crippen LogP) is 3.79. The molecule has 5 rings (SSSR count). The zero-order valence-electron chi connectivity index (χ0n) is 16.8. The second-order valence-electron chi connectivity index (χ2n) is 8.01. The summed E-state index contributed by atoms with van der Waals surface area (Å²) in [6.45, 7) is 3.36. The molecule has 3 aliphatic rings. The van der Waals surface area contributed by atoms with E-state index in [9.17, 15) is 13.6 Å². The molecule has 0 spiro atoms. The van der Waals surface area contributed by atoms with Gasteiger partial charge in [-0.2, -0.15) is 0 Å². The number of hydrogen-bond acceptors (Lipinski definition) is 4. The SMILES string of the molecule is O=C1C2=C(CCN(Cc3cc(F)cc(F)c3)C2)N2CCN=C2N1Cc1ccc(Cl)cc1. The molecule has 0 saturated heterocycles. The maximum absolute atomic E-state index is 13.6. The van der Waals surface area contributed by atoms with Crippen molar-refractivity contribution in [1.29, 1.82) is 0 Å². The van der Waals surface area contributed by atoms with Crippen molar-refractivity contribution in [3.05, 3.63) is 81.5 Å². The van der Waals surface area contributed by atoms with Crippen LogP contribution in [-0.4, -0.2) is 52.7 Å². The molecule has 31 heavy (non-hydrogen) atoms. The Hall–Kier alpha value is -2.77. The predicted molar refractivity (Wildman–Crippen MR) is 114 cm³/mol. The molecular weight excluding hydrogens is 422 g/mol. The maximum Gasteiger partial charge on any atom is 0.259 e. The number of fused-ring (bicyclic) bond motifs is 2. The number of carbonyl (C=O) groups is 1. The van der Waals surface area contributed by atoms with Crippen LogP contribution in [0.5, 0.6) is 0 Å². The Morgan fingerprint density at radius 1 is 0.968 bits per heavy atom. The summed E-state index contributed by atoms with van der Waals surface area (Å²) in [5.74, 6) is -0.531. The molecule has 0 radical (unpaired) electrons. The average Bonchev–Trinajstić information content (AvgIpc) is 3.21. The molecule has 8 heteroatoms. The summed E-state index contributed by atoms with van der Waals surface area (Å²) in [4.78, 5) is 24.0. The standard InChI is InChI=1S/C23H21ClF2N4O/c24-17-3-1-15(2-4-17)13-30-22(31)20-14-28(12-16-9-18(25)11-19(26)10-16)7-5-21(20)29-8-6-27-23(29)30/h1-4,9-11H,5-8,12-14H2. The number of benzene rings is 2. The lowest BCUT2D eigenvalue weighted by atomic mass is 10.00. The smallest absolute Gasteiger partial charge is 0.259 e. The van der Waals surface area contributed by atoms with Crippen molar-refractivity contribution in [3.63, 3.8) is 0 Å².